The Kier molecular flexibility index (Phi) is 5.01. The standard InChI is InChI=1S/C24H42O2/c1-5-6-15(2)18-7-8-19-22-20(10-12-24(18,19)4)23(3)11-9-17(25)13-16(23)14-21(22)26/h15-22,25-26H,5-14H2,1-4H3/t15-,16?,17-,18?,19?,20?,21-,22?,23+,24-/m1/s1. The first-order valence-corrected chi connectivity index (χ1v) is 11.7. The van der Waals surface area contributed by atoms with Gasteiger partial charge in [0.05, 0.1) is 12.2 Å². The molecular formula is C24H42O2. The number of aliphatic hydroxyl groups excluding tert-OH is 2. The maximum atomic E-state index is 11.3. The molecule has 150 valence electrons. The molecular weight excluding hydrogens is 320 g/mol. The fourth-order valence-electron chi connectivity index (χ4n) is 8.83. The van der Waals surface area contributed by atoms with Gasteiger partial charge in [-0.3, -0.25) is 0 Å². The molecule has 0 bridgehead atoms. The molecule has 10 atom stereocenters. The van der Waals surface area contributed by atoms with E-state index in [0.717, 1.165) is 37.0 Å². The van der Waals surface area contributed by atoms with Crippen LogP contribution in [0.25, 0.3) is 0 Å². The second-order valence-corrected chi connectivity index (χ2v) is 11.2. The van der Waals surface area contributed by atoms with Crippen molar-refractivity contribution in [3.05, 3.63) is 0 Å². The lowest BCUT2D eigenvalue weighted by Crippen LogP contribution is -2.58. The summed E-state index contributed by atoms with van der Waals surface area (Å²) in [6.45, 7) is 9.92. The van der Waals surface area contributed by atoms with E-state index in [9.17, 15) is 10.2 Å². The Labute approximate surface area is 161 Å². The van der Waals surface area contributed by atoms with Crippen LogP contribution >= 0.6 is 0 Å². The Morgan fingerprint density at radius 2 is 1.62 bits per heavy atom. The second kappa shape index (κ2) is 6.76. The normalized spacial score (nSPS) is 54.9. The molecule has 0 aromatic heterocycles. The average molecular weight is 363 g/mol. The van der Waals surface area contributed by atoms with Crippen LogP contribution < -0.4 is 0 Å². The molecule has 4 aliphatic rings. The largest absolute Gasteiger partial charge is 0.393 e. The summed E-state index contributed by atoms with van der Waals surface area (Å²) in [5.41, 5.74) is 0.811. The summed E-state index contributed by atoms with van der Waals surface area (Å²) in [4.78, 5) is 0. The number of fused-ring (bicyclic) bond motifs is 5. The molecule has 0 heterocycles. The van der Waals surface area contributed by atoms with Gasteiger partial charge in [0.1, 0.15) is 0 Å². The van der Waals surface area contributed by atoms with E-state index < -0.39 is 0 Å². The zero-order valence-electron chi connectivity index (χ0n) is 17.6. The zero-order valence-corrected chi connectivity index (χ0v) is 17.6. The van der Waals surface area contributed by atoms with Gasteiger partial charge in [0.2, 0.25) is 0 Å². The molecule has 0 aromatic carbocycles. The summed E-state index contributed by atoms with van der Waals surface area (Å²) in [5.74, 6) is 4.15. The van der Waals surface area contributed by atoms with E-state index in [1.807, 2.05) is 0 Å². The minimum Gasteiger partial charge on any atom is -0.393 e. The Morgan fingerprint density at radius 3 is 2.35 bits per heavy atom. The molecule has 5 unspecified atom stereocenters. The van der Waals surface area contributed by atoms with Gasteiger partial charge in [-0.25, -0.2) is 0 Å². The summed E-state index contributed by atoms with van der Waals surface area (Å²) in [6, 6.07) is 0. The molecule has 2 heteroatoms. The summed E-state index contributed by atoms with van der Waals surface area (Å²) in [5, 5.41) is 21.5. The van der Waals surface area contributed by atoms with Crippen molar-refractivity contribution in [2.24, 2.45) is 46.3 Å². The van der Waals surface area contributed by atoms with Gasteiger partial charge in [0, 0.05) is 0 Å². The van der Waals surface area contributed by atoms with E-state index in [0.29, 0.717) is 28.6 Å². The quantitative estimate of drug-likeness (QED) is 0.704. The third-order valence-electron chi connectivity index (χ3n) is 10.2. The van der Waals surface area contributed by atoms with Crippen molar-refractivity contribution >= 4 is 0 Å². The number of hydrogen-bond donors (Lipinski definition) is 2. The molecule has 0 aliphatic heterocycles. The van der Waals surface area contributed by atoms with E-state index in [4.69, 9.17) is 0 Å². The van der Waals surface area contributed by atoms with Gasteiger partial charge < -0.3 is 10.2 Å². The van der Waals surface area contributed by atoms with Crippen LogP contribution in [0.3, 0.4) is 0 Å². The lowest BCUT2D eigenvalue weighted by atomic mass is 9.43. The van der Waals surface area contributed by atoms with Crippen molar-refractivity contribution < 1.29 is 10.2 Å². The topological polar surface area (TPSA) is 40.5 Å². The third kappa shape index (κ3) is 2.72. The van der Waals surface area contributed by atoms with Gasteiger partial charge in [0.15, 0.2) is 0 Å². The predicted molar refractivity (Wildman–Crippen MR) is 107 cm³/mol. The van der Waals surface area contributed by atoms with Crippen LogP contribution in [0.15, 0.2) is 0 Å². The predicted octanol–water partition coefficient (Wildman–Crippen LogP) is 5.41. The van der Waals surface area contributed by atoms with E-state index >= 15 is 0 Å². The molecule has 4 rings (SSSR count). The van der Waals surface area contributed by atoms with Crippen LogP contribution in [0.5, 0.6) is 0 Å². The Hall–Kier alpha value is -0.0800. The van der Waals surface area contributed by atoms with E-state index in [2.05, 4.69) is 27.7 Å². The van der Waals surface area contributed by atoms with E-state index in [1.54, 1.807) is 0 Å². The molecule has 4 aliphatic carbocycles. The van der Waals surface area contributed by atoms with Gasteiger partial charge in [-0.05, 0) is 97.7 Å². The minimum atomic E-state index is -0.131. The van der Waals surface area contributed by atoms with Gasteiger partial charge in [0.25, 0.3) is 0 Å². The van der Waals surface area contributed by atoms with Gasteiger partial charge in [-0.2, -0.15) is 0 Å². The first-order valence-electron chi connectivity index (χ1n) is 11.7. The Bertz CT molecular complexity index is 518. The van der Waals surface area contributed by atoms with Gasteiger partial charge >= 0.3 is 0 Å². The second-order valence-electron chi connectivity index (χ2n) is 11.2. The first kappa shape index (κ1) is 19.2. The van der Waals surface area contributed by atoms with Crippen molar-refractivity contribution in [2.75, 3.05) is 0 Å². The third-order valence-corrected chi connectivity index (χ3v) is 10.2. The average Bonchev–Trinajstić information content (AvgIpc) is 2.94. The summed E-state index contributed by atoms with van der Waals surface area (Å²) >= 11 is 0. The molecule has 2 nitrogen and oxygen atoms in total. The molecule has 4 fully saturated rings. The lowest BCUT2D eigenvalue weighted by Gasteiger charge is -2.62. The Morgan fingerprint density at radius 1 is 0.923 bits per heavy atom. The van der Waals surface area contributed by atoms with E-state index in [1.165, 1.54) is 44.9 Å². The van der Waals surface area contributed by atoms with Crippen LogP contribution in [0, 0.1) is 46.3 Å². The molecule has 26 heavy (non-hydrogen) atoms. The SMILES string of the molecule is CCC[C@@H](C)C1CCC2C3C(CC[C@@]21C)[C@@]1(C)CC[C@@H](O)CC1C[C@H]3O. The molecule has 0 aromatic rings. The molecule has 0 saturated heterocycles. The number of rotatable bonds is 3. The maximum Gasteiger partial charge on any atom is 0.0577 e. The zero-order chi connectivity index (χ0) is 18.7. The maximum absolute atomic E-state index is 11.3. The van der Waals surface area contributed by atoms with Crippen molar-refractivity contribution in [1.82, 2.24) is 0 Å². The van der Waals surface area contributed by atoms with Gasteiger partial charge in [-0.15, -0.1) is 0 Å². The fraction of sp³-hybridized carbons (Fsp3) is 1.00. The summed E-state index contributed by atoms with van der Waals surface area (Å²) in [6.07, 6.45) is 11.8. The molecule has 2 N–H and O–H groups in total. The molecule has 0 radical (unpaired) electrons. The van der Waals surface area contributed by atoms with E-state index in [-0.39, 0.29) is 12.2 Å². The first-order chi connectivity index (χ1) is 12.3. The van der Waals surface area contributed by atoms with Crippen molar-refractivity contribution in [2.45, 2.75) is 104 Å². The van der Waals surface area contributed by atoms with Gasteiger partial charge in [-0.1, -0.05) is 40.5 Å². The minimum absolute atomic E-state index is 0.128. The van der Waals surface area contributed by atoms with Crippen LogP contribution in [0.2, 0.25) is 0 Å². The smallest absolute Gasteiger partial charge is 0.0577 e. The number of hydrogen-bond acceptors (Lipinski definition) is 2. The highest BCUT2D eigenvalue weighted by atomic mass is 16.3. The van der Waals surface area contributed by atoms with Crippen molar-refractivity contribution in [1.29, 1.82) is 0 Å². The summed E-state index contributed by atoms with van der Waals surface area (Å²) < 4.78 is 0. The lowest BCUT2D eigenvalue weighted by molar-refractivity contribution is -0.174. The van der Waals surface area contributed by atoms with Crippen molar-refractivity contribution in [3.8, 4) is 0 Å². The van der Waals surface area contributed by atoms with Crippen LogP contribution in [0.1, 0.15) is 91.9 Å². The molecule has 0 spiro atoms. The molecule has 0 amide bonds. The fourth-order valence-corrected chi connectivity index (χ4v) is 8.83. The Balaban J connectivity index is 1.61. The summed E-state index contributed by atoms with van der Waals surface area (Å²) in [7, 11) is 0. The van der Waals surface area contributed by atoms with Crippen LogP contribution in [-0.4, -0.2) is 22.4 Å². The highest BCUT2D eigenvalue weighted by Crippen LogP contribution is 2.68. The highest BCUT2D eigenvalue weighted by Gasteiger charge is 2.62. The van der Waals surface area contributed by atoms with Crippen LogP contribution in [0.4, 0.5) is 0 Å². The molecule has 4 saturated carbocycles. The van der Waals surface area contributed by atoms with Crippen LogP contribution in [-0.2, 0) is 0 Å². The highest BCUT2D eigenvalue weighted by molar-refractivity contribution is 5.11. The number of aliphatic hydroxyl groups is 2. The van der Waals surface area contributed by atoms with Crippen molar-refractivity contribution in [3.63, 3.8) is 0 Å². The monoisotopic (exact) mass is 362 g/mol.